The van der Waals surface area contributed by atoms with Gasteiger partial charge in [-0.05, 0) is 20.3 Å². The summed E-state index contributed by atoms with van der Waals surface area (Å²) in [6, 6.07) is 0. The molecule has 3 aliphatic heterocycles. The molecule has 3 heterocycles. The highest BCUT2D eigenvalue weighted by Gasteiger charge is 2.72. The minimum Gasteiger partial charge on any atom is -0.451 e. The molecule has 0 aliphatic carbocycles. The van der Waals surface area contributed by atoms with E-state index in [0.717, 1.165) is 0 Å². The molecule has 0 aromatic carbocycles. The molecule has 122 valence electrons. The fraction of sp³-hybridized carbons (Fsp3) is 0.692. The van der Waals surface area contributed by atoms with Crippen LogP contribution in [0.15, 0.2) is 12.2 Å². The average molecular weight is 332 g/mol. The minimum atomic E-state index is -3.69. The van der Waals surface area contributed by atoms with Crippen LogP contribution in [-0.4, -0.2) is 56.1 Å². The zero-order chi connectivity index (χ0) is 16.3. The van der Waals surface area contributed by atoms with Gasteiger partial charge in [-0.1, -0.05) is 6.58 Å². The van der Waals surface area contributed by atoms with E-state index in [9.17, 15) is 18.0 Å². The van der Waals surface area contributed by atoms with Crippen molar-refractivity contribution in [1.29, 1.82) is 0 Å². The van der Waals surface area contributed by atoms with E-state index in [-0.39, 0.29) is 12.0 Å². The molecule has 3 aliphatic rings. The van der Waals surface area contributed by atoms with Crippen LogP contribution in [0.1, 0.15) is 20.3 Å². The van der Waals surface area contributed by atoms with Gasteiger partial charge in [0.2, 0.25) is 0 Å². The summed E-state index contributed by atoms with van der Waals surface area (Å²) >= 11 is 0. The Morgan fingerprint density at radius 1 is 1.41 bits per heavy atom. The quantitative estimate of drug-likeness (QED) is 0.392. The highest BCUT2D eigenvalue weighted by molar-refractivity contribution is 7.87. The molecule has 3 saturated heterocycles. The van der Waals surface area contributed by atoms with Crippen LogP contribution >= 0.6 is 0 Å². The standard InChI is InChI=1S/C13H16O8S/c1-6(2)12(15)18-5-9(14)20-13(3)8-4-7-10(19-8)11(13)21-22(7,16)17/h7-8,10-11H,1,4-5H2,2-3H3. The summed E-state index contributed by atoms with van der Waals surface area (Å²) in [5, 5.41) is -0.699. The van der Waals surface area contributed by atoms with E-state index in [1.807, 2.05) is 0 Å². The molecular weight excluding hydrogens is 316 g/mol. The molecular formula is C13H16O8S. The summed E-state index contributed by atoms with van der Waals surface area (Å²) in [7, 11) is -3.69. The summed E-state index contributed by atoms with van der Waals surface area (Å²) in [5.74, 6) is -1.50. The second-order valence-corrected chi connectivity index (χ2v) is 7.67. The Balaban J connectivity index is 1.67. The number of hydrogen-bond donors (Lipinski definition) is 0. The van der Waals surface area contributed by atoms with E-state index in [0.29, 0.717) is 0 Å². The van der Waals surface area contributed by atoms with E-state index in [1.54, 1.807) is 6.92 Å². The van der Waals surface area contributed by atoms with Crippen molar-refractivity contribution < 1.29 is 36.4 Å². The van der Waals surface area contributed by atoms with Crippen molar-refractivity contribution >= 4 is 22.1 Å². The monoisotopic (exact) mass is 332 g/mol. The number of fused-ring (bicyclic) bond motifs is 1. The van der Waals surface area contributed by atoms with Crippen molar-refractivity contribution in [2.75, 3.05) is 6.61 Å². The fourth-order valence-corrected chi connectivity index (χ4v) is 4.80. The van der Waals surface area contributed by atoms with E-state index in [2.05, 4.69) is 6.58 Å². The van der Waals surface area contributed by atoms with Crippen molar-refractivity contribution in [3.8, 4) is 0 Å². The van der Waals surface area contributed by atoms with Gasteiger partial charge in [-0.3, -0.25) is 4.18 Å². The average Bonchev–Trinajstić information content (AvgIpc) is 3.00. The Bertz CT molecular complexity index is 653. The maximum Gasteiger partial charge on any atom is 0.345 e. The van der Waals surface area contributed by atoms with Gasteiger partial charge >= 0.3 is 11.9 Å². The van der Waals surface area contributed by atoms with Crippen LogP contribution in [-0.2, 0) is 38.1 Å². The minimum absolute atomic E-state index is 0.162. The van der Waals surface area contributed by atoms with Crippen molar-refractivity contribution in [3.63, 3.8) is 0 Å². The highest BCUT2D eigenvalue weighted by Crippen LogP contribution is 2.53. The first-order chi connectivity index (χ1) is 10.1. The van der Waals surface area contributed by atoms with Gasteiger partial charge in [-0.15, -0.1) is 0 Å². The Morgan fingerprint density at radius 2 is 2.09 bits per heavy atom. The number of ether oxygens (including phenoxy) is 3. The third-order valence-corrected chi connectivity index (χ3v) is 5.93. The molecule has 9 heteroatoms. The lowest BCUT2D eigenvalue weighted by Gasteiger charge is -2.33. The van der Waals surface area contributed by atoms with Gasteiger partial charge < -0.3 is 14.2 Å². The first-order valence-electron chi connectivity index (χ1n) is 6.77. The maximum atomic E-state index is 11.9. The zero-order valence-corrected chi connectivity index (χ0v) is 12.9. The van der Waals surface area contributed by atoms with Crippen molar-refractivity contribution in [3.05, 3.63) is 12.2 Å². The van der Waals surface area contributed by atoms with Gasteiger partial charge in [-0.2, -0.15) is 8.42 Å². The normalized spacial score (nSPS) is 40.5. The molecule has 0 saturated carbocycles. The molecule has 3 fully saturated rings. The van der Waals surface area contributed by atoms with E-state index in [4.69, 9.17) is 18.4 Å². The fourth-order valence-electron chi connectivity index (χ4n) is 3.12. The van der Waals surface area contributed by atoms with Crippen LogP contribution < -0.4 is 0 Å². The molecule has 0 radical (unpaired) electrons. The van der Waals surface area contributed by atoms with Crippen molar-refractivity contribution in [1.82, 2.24) is 0 Å². The zero-order valence-electron chi connectivity index (χ0n) is 12.1. The van der Waals surface area contributed by atoms with Gasteiger partial charge in [0.1, 0.15) is 23.6 Å². The molecule has 0 N–H and O–H groups in total. The summed E-state index contributed by atoms with van der Waals surface area (Å²) in [5.41, 5.74) is -1.05. The van der Waals surface area contributed by atoms with Gasteiger partial charge in [0.15, 0.2) is 12.2 Å². The van der Waals surface area contributed by atoms with Crippen LogP contribution in [0.25, 0.3) is 0 Å². The van der Waals surface area contributed by atoms with Crippen LogP contribution in [0, 0.1) is 0 Å². The third kappa shape index (κ3) is 2.15. The summed E-state index contributed by atoms with van der Waals surface area (Å²) in [6.07, 6.45) is -1.81. The van der Waals surface area contributed by atoms with Crippen LogP contribution in [0.2, 0.25) is 0 Å². The number of rotatable bonds is 4. The van der Waals surface area contributed by atoms with E-state index < -0.39 is 57.8 Å². The lowest BCUT2D eigenvalue weighted by molar-refractivity contribution is -0.177. The van der Waals surface area contributed by atoms with Crippen LogP contribution in [0.5, 0.6) is 0 Å². The Hall–Kier alpha value is -1.45. The Kier molecular flexibility index (Phi) is 3.35. The van der Waals surface area contributed by atoms with Gasteiger partial charge in [0.25, 0.3) is 10.1 Å². The predicted octanol–water partition coefficient (Wildman–Crippen LogP) is -0.324. The van der Waals surface area contributed by atoms with Crippen LogP contribution in [0.3, 0.4) is 0 Å². The second kappa shape index (κ2) is 4.77. The molecule has 0 aromatic heterocycles. The molecule has 0 amide bonds. The number of esters is 2. The van der Waals surface area contributed by atoms with E-state index >= 15 is 0 Å². The SMILES string of the molecule is C=C(C)C(=O)OCC(=O)OC1(C)C2CC3C(O2)C1OS3(=O)=O. The predicted molar refractivity (Wildman–Crippen MR) is 71.1 cm³/mol. The molecule has 3 rings (SSSR count). The molecule has 22 heavy (non-hydrogen) atoms. The maximum absolute atomic E-state index is 11.9. The largest absolute Gasteiger partial charge is 0.451 e. The number of carbonyl (C=O) groups excluding carboxylic acids is 2. The Morgan fingerprint density at radius 3 is 2.73 bits per heavy atom. The molecule has 0 aromatic rings. The first-order valence-corrected chi connectivity index (χ1v) is 8.24. The van der Waals surface area contributed by atoms with Crippen LogP contribution in [0.4, 0.5) is 0 Å². The van der Waals surface area contributed by atoms with Gasteiger partial charge in [0.05, 0.1) is 0 Å². The van der Waals surface area contributed by atoms with Crippen molar-refractivity contribution in [2.45, 2.75) is 49.4 Å². The van der Waals surface area contributed by atoms with Crippen molar-refractivity contribution in [2.24, 2.45) is 0 Å². The molecule has 5 atom stereocenters. The highest BCUT2D eigenvalue weighted by atomic mass is 32.2. The first kappa shape index (κ1) is 15.4. The molecule has 5 unspecified atom stereocenters. The lowest BCUT2D eigenvalue weighted by Crippen LogP contribution is -2.52. The third-order valence-electron chi connectivity index (χ3n) is 4.25. The van der Waals surface area contributed by atoms with E-state index in [1.165, 1.54) is 6.92 Å². The Labute approximate surface area is 127 Å². The topological polar surface area (TPSA) is 105 Å². The lowest BCUT2D eigenvalue weighted by atomic mass is 9.83. The molecule has 8 nitrogen and oxygen atoms in total. The number of hydrogen-bond acceptors (Lipinski definition) is 8. The number of carbonyl (C=O) groups is 2. The smallest absolute Gasteiger partial charge is 0.345 e. The molecule has 2 bridgehead atoms. The second-order valence-electron chi connectivity index (χ2n) is 5.89. The summed E-state index contributed by atoms with van der Waals surface area (Å²) < 4.78 is 44.3. The van der Waals surface area contributed by atoms with Gasteiger partial charge in [0, 0.05) is 5.57 Å². The van der Waals surface area contributed by atoms with Gasteiger partial charge in [-0.25, -0.2) is 9.59 Å². The summed E-state index contributed by atoms with van der Waals surface area (Å²) in [4.78, 5) is 23.1. The summed E-state index contributed by atoms with van der Waals surface area (Å²) in [6.45, 7) is 5.83. The molecule has 0 spiro atoms.